The van der Waals surface area contributed by atoms with Gasteiger partial charge in [-0.1, -0.05) is 0 Å². The van der Waals surface area contributed by atoms with Crippen molar-refractivity contribution in [2.45, 2.75) is 6.92 Å². The summed E-state index contributed by atoms with van der Waals surface area (Å²) in [6, 6.07) is 1.63. The largest absolute Gasteiger partial charge is 0.477 e. The topological polar surface area (TPSA) is 73.1 Å². The van der Waals surface area contributed by atoms with Gasteiger partial charge in [0.1, 0.15) is 6.07 Å². The Bertz CT molecular complexity index is 242. The highest BCUT2D eigenvalue weighted by molar-refractivity contribution is 8.02. The minimum absolute atomic E-state index is 0.232. The Labute approximate surface area is 75.3 Å². The molecule has 4 nitrogen and oxygen atoms in total. The Morgan fingerprint density at radius 1 is 1.75 bits per heavy atom. The normalized spacial score (nSPS) is 11.4. The average Bonchev–Trinajstić information content (AvgIpc) is 2.03. The van der Waals surface area contributed by atoms with E-state index < -0.39 is 5.97 Å². The molecule has 0 aliphatic rings. The number of nitrogens with zero attached hydrogens (tertiary/aromatic N) is 1. The maximum atomic E-state index is 10.5. The van der Waals surface area contributed by atoms with Crippen LogP contribution < -0.4 is 5.32 Å². The summed E-state index contributed by atoms with van der Waals surface area (Å²) in [7, 11) is 0. The van der Waals surface area contributed by atoms with E-state index in [9.17, 15) is 4.79 Å². The molecule has 0 atom stereocenters. The lowest BCUT2D eigenvalue weighted by Crippen LogP contribution is -2.15. The Balaban J connectivity index is 4.77. The van der Waals surface area contributed by atoms with Gasteiger partial charge in [0.25, 0.3) is 0 Å². The van der Waals surface area contributed by atoms with Crippen molar-refractivity contribution in [3.8, 4) is 6.07 Å². The summed E-state index contributed by atoms with van der Waals surface area (Å²) in [5.41, 5.74) is -0.232. The summed E-state index contributed by atoms with van der Waals surface area (Å²) in [5, 5.41) is 20.3. The average molecular weight is 186 g/mol. The fraction of sp³-hybridized carbons (Fsp3) is 0.429. The number of rotatable bonds is 4. The molecule has 0 aromatic heterocycles. The molecule has 5 heteroatoms. The van der Waals surface area contributed by atoms with Crippen molar-refractivity contribution in [2.24, 2.45) is 0 Å². The fourth-order valence-electron chi connectivity index (χ4n) is 0.619. The first-order valence-corrected chi connectivity index (χ1v) is 4.55. The minimum Gasteiger partial charge on any atom is -0.477 e. The highest BCUT2D eigenvalue weighted by Gasteiger charge is 2.12. The lowest BCUT2D eigenvalue weighted by molar-refractivity contribution is -0.132. The van der Waals surface area contributed by atoms with Crippen molar-refractivity contribution in [1.82, 2.24) is 5.32 Å². The van der Waals surface area contributed by atoms with Crippen LogP contribution in [-0.4, -0.2) is 23.9 Å². The highest BCUT2D eigenvalue weighted by atomic mass is 32.2. The molecule has 0 fully saturated rings. The van der Waals surface area contributed by atoms with E-state index in [1.165, 1.54) is 11.8 Å². The summed E-state index contributed by atoms with van der Waals surface area (Å²) in [5.74, 6) is -1.19. The van der Waals surface area contributed by atoms with Gasteiger partial charge >= 0.3 is 5.97 Å². The second-order valence-electron chi connectivity index (χ2n) is 1.86. The lowest BCUT2D eigenvalue weighted by Gasteiger charge is -2.05. The summed E-state index contributed by atoms with van der Waals surface area (Å²) >= 11 is 1.22. The van der Waals surface area contributed by atoms with Crippen LogP contribution in [0.15, 0.2) is 10.6 Å². The number of aliphatic carboxylic acids is 1. The van der Waals surface area contributed by atoms with E-state index in [1.807, 2.05) is 6.92 Å². The molecule has 2 N–H and O–H groups in total. The Hall–Kier alpha value is -1.15. The zero-order valence-electron chi connectivity index (χ0n) is 6.92. The first-order chi connectivity index (χ1) is 5.67. The van der Waals surface area contributed by atoms with Gasteiger partial charge in [0.15, 0.2) is 5.57 Å². The SMILES string of the molecule is CCN/C(SC)=C(\C#N)C(=O)O. The van der Waals surface area contributed by atoms with Crippen LogP contribution in [0.4, 0.5) is 0 Å². The van der Waals surface area contributed by atoms with Crippen LogP contribution in [0.25, 0.3) is 0 Å². The van der Waals surface area contributed by atoms with E-state index in [2.05, 4.69) is 5.32 Å². The third kappa shape index (κ3) is 2.84. The van der Waals surface area contributed by atoms with Crippen LogP contribution in [0.2, 0.25) is 0 Å². The molecule has 0 aliphatic carbocycles. The molecule has 0 aliphatic heterocycles. The first kappa shape index (κ1) is 10.8. The van der Waals surface area contributed by atoms with Crippen LogP contribution in [0.1, 0.15) is 6.92 Å². The molecule has 0 aromatic carbocycles. The van der Waals surface area contributed by atoms with Gasteiger partial charge in [-0.05, 0) is 13.2 Å². The number of nitrogens with one attached hydrogen (secondary N) is 1. The second-order valence-corrected chi connectivity index (χ2v) is 2.67. The molecule has 0 heterocycles. The molecule has 0 saturated carbocycles. The zero-order chi connectivity index (χ0) is 9.56. The molecule has 0 bridgehead atoms. The van der Waals surface area contributed by atoms with Gasteiger partial charge in [0.2, 0.25) is 0 Å². The zero-order valence-corrected chi connectivity index (χ0v) is 7.73. The smallest absolute Gasteiger partial charge is 0.349 e. The fourth-order valence-corrected chi connectivity index (χ4v) is 1.24. The van der Waals surface area contributed by atoms with Gasteiger partial charge < -0.3 is 10.4 Å². The summed E-state index contributed by atoms with van der Waals surface area (Å²) in [6.45, 7) is 2.45. The number of nitriles is 1. The number of hydrogen-bond acceptors (Lipinski definition) is 4. The number of carboxylic acids is 1. The standard InChI is InChI=1S/C7H10N2O2S/c1-3-9-6(12-2)5(4-8)7(10)11/h9H,3H2,1-2H3,(H,10,11)/b6-5-. The van der Waals surface area contributed by atoms with Crippen molar-refractivity contribution in [2.75, 3.05) is 12.8 Å². The van der Waals surface area contributed by atoms with E-state index in [1.54, 1.807) is 12.3 Å². The van der Waals surface area contributed by atoms with E-state index in [-0.39, 0.29) is 5.57 Å². The summed E-state index contributed by atoms with van der Waals surface area (Å²) < 4.78 is 0. The van der Waals surface area contributed by atoms with Crippen LogP contribution >= 0.6 is 11.8 Å². The third-order valence-electron chi connectivity index (χ3n) is 1.09. The third-order valence-corrected chi connectivity index (χ3v) is 1.85. The van der Waals surface area contributed by atoms with Crippen LogP contribution in [0, 0.1) is 11.3 Å². The van der Waals surface area contributed by atoms with E-state index in [4.69, 9.17) is 10.4 Å². The predicted octanol–water partition coefficient (Wildman–Crippen LogP) is 0.779. The molecule has 12 heavy (non-hydrogen) atoms. The van der Waals surface area contributed by atoms with Gasteiger partial charge in [-0.15, -0.1) is 11.8 Å². The molecule has 0 rings (SSSR count). The monoisotopic (exact) mass is 186 g/mol. The van der Waals surface area contributed by atoms with Crippen molar-refractivity contribution in [3.63, 3.8) is 0 Å². The maximum Gasteiger partial charge on any atom is 0.349 e. The highest BCUT2D eigenvalue weighted by Crippen LogP contribution is 2.12. The van der Waals surface area contributed by atoms with Gasteiger partial charge in [-0.25, -0.2) is 4.79 Å². The summed E-state index contributed by atoms with van der Waals surface area (Å²) in [6.07, 6.45) is 1.72. The molecule has 0 amide bonds. The second kappa shape index (κ2) is 5.49. The van der Waals surface area contributed by atoms with Gasteiger partial charge in [0.05, 0.1) is 5.03 Å². The predicted molar refractivity (Wildman–Crippen MR) is 47.5 cm³/mol. The lowest BCUT2D eigenvalue weighted by atomic mass is 10.3. The van der Waals surface area contributed by atoms with Crippen LogP contribution in [0.5, 0.6) is 0 Å². The quantitative estimate of drug-likeness (QED) is 0.501. The minimum atomic E-state index is -1.19. The Morgan fingerprint density at radius 3 is 2.58 bits per heavy atom. The van der Waals surface area contributed by atoms with Crippen LogP contribution in [-0.2, 0) is 4.79 Å². The molecular weight excluding hydrogens is 176 g/mol. The first-order valence-electron chi connectivity index (χ1n) is 3.32. The van der Waals surface area contributed by atoms with Gasteiger partial charge in [0, 0.05) is 6.54 Å². The van der Waals surface area contributed by atoms with Crippen molar-refractivity contribution in [1.29, 1.82) is 5.26 Å². The van der Waals surface area contributed by atoms with E-state index in [0.29, 0.717) is 11.6 Å². The Morgan fingerprint density at radius 2 is 2.33 bits per heavy atom. The van der Waals surface area contributed by atoms with Gasteiger partial charge in [-0.2, -0.15) is 5.26 Å². The number of thioether (sulfide) groups is 1. The van der Waals surface area contributed by atoms with Gasteiger partial charge in [-0.3, -0.25) is 0 Å². The molecule has 0 unspecified atom stereocenters. The molecule has 66 valence electrons. The molecule has 0 radical (unpaired) electrons. The number of carboxylic acid groups (broad SMARTS) is 1. The van der Waals surface area contributed by atoms with Crippen molar-refractivity contribution in [3.05, 3.63) is 10.6 Å². The maximum absolute atomic E-state index is 10.5. The molecule has 0 saturated heterocycles. The van der Waals surface area contributed by atoms with E-state index in [0.717, 1.165) is 0 Å². The summed E-state index contributed by atoms with van der Waals surface area (Å²) in [4.78, 5) is 10.5. The van der Waals surface area contributed by atoms with E-state index >= 15 is 0 Å². The number of hydrogen-bond donors (Lipinski definition) is 2. The van der Waals surface area contributed by atoms with Crippen molar-refractivity contribution < 1.29 is 9.90 Å². The molecule has 0 aromatic rings. The number of carbonyl (C=O) groups is 1. The van der Waals surface area contributed by atoms with Crippen molar-refractivity contribution >= 4 is 17.7 Å². The van der Waals surface area contributed by atoms with Crippen LogP contribution in [0.3, 0.4) is 0 Å². The molecular formula is C7H10N2O2S. The molecule has 0 spiro atoms. The Kier molecular flexibility index (Phi) is 4.97.